The number of rotatable bonds is 6. The molecule has 2 fully saturated rings. The molecule has 9 heteroatoms. The molecule has 0 spiro atoms. The Hall–Kier alpha value is -3.07. The van der Waals surface area contributed by atoms with Gasteiger partial charge >= 0.3 is 0 Å². The number of ether oxygens (including phenoxy) is 2. The smallest absolute Gasteiger partial charge is 0.214 e. The zero-order valence-electron chi connectivity index (χ0n) is 17.1. The molecule has 1 atom stereocenters. The van der Waals surface area contributed by atoms with Crippen LogP contribution in [0.3, 0.4) is 0 Å². The summed E-state index contributed by atoms with van der Waals surface area (Å²) in [7, 11) is 0. The van der Waals surface area contributed by atoms with Gasteiger partial charge < -0.3 is 20.1 Å². The number of fused-ring (bicyclic) bond motifs is 1. The van der Waals surface area contributed by atoms with E-state index in [1.54, 1.807) is 12.1 Å². The molecule has 1 aliphatic carbocycles. The Morgan fingerprint density at radius 3 is 2.74 bits per heavy atom. The largest absolute Gasteiger partial charge is 0.484 e. The van der Waals surface area contributed by atoms with Gasteiger partial charge in [0.2, 0.25) is 11.7 Å². The third-order valence-corrected chi connectivity index (χ3v) is 5.83. The Morgan fingerprint density at radius 2 is 2.00 bits per heavy atom. The number of nitrogens with one attached hydrogen (secondary N) is 2. The topological polar surface area (TPSA) is 81.2 Å². The molecule has 1 saturated carbocycles. The Morgan fingerprint density at radius 1 is 1.13 bits per heavy atom. The van der Waals surface area contributed by atoms with Crippen LogP contribution in [0.5, 0.6) is 11.6 Å². The first-order chi connectivity index (χ1) is 15.0. The minimum Gasteiger partial charge on any atom is -0.484 e. The van der Waals surface area contributed by atoms with Crippen LogP contribution < -0.4 is 20.1 Å². The summed E-state index contributed by atoms with van der Waals surface area (Å²) in [6.45, 7) is 3.56. The van der Waals surface area contributed by atoms with Crippen LogP contribution in [0.2, 0.25) is 0 Å². The first-order valence-corrected chi connectivity index (χ1v) is 10.4. The summed E-state index contributed by atoms with van der Waals surface area (Å²) in [5.74, 6) is -1.45. The van der Waals surface area contributed by atoms with Crippen molar-refractivity contribution in [3.63, 3.8) is 0 Å². The maximum absolute atomic E-state index is 14.8. The Labute approximate surface area is 178 Å². The number of hydrogen-bond acceptors (Lipinski definition) is 7. The fourth-order valence-electron chi connectivity index (χ4n) is 3.86. The molecule has 2 aromatic heterocycles. The van der Waals surface area contributed by atoms with E-state index in [2.05, 4.69) is 25.6 Å². The molecule has 2 N–H and O–H groups in total. The van der Waals surface area contributed by atoms with Crippen molar-refractivity contribution in [1.82, 2.24) is 20.3 Å². The fourth-order valence-corrected chi connectivity index (χ4v) is 3.86. The monoisotopic (exact) mass is 427 g/mol. The van der Waals surface area contributed by atoms with E-state index in [0.29, 0.717) is 16.9 Å². The molecular formula is C22H23F2N5O2. The molecule has 5 rings (SSSR count). The van der Waals surface area contributed by atoms with E-state index in [0.717, 1.165) is 38.8 Å². The zero-order chi connectivity index (χ0) is 21.4. The minimum absolute atomic E-state index is 0.0441. The predicted molar refractivity (Wildman–Crippen MR) is 112 cm³/mol. The van der Waals surface area contributed by atoms with Crippen LogP contribution in [0, 0.1) is 11.6 Å². The number of benzene rings is 1. The predicted octanol–water partition coefficient (Wildman–Crippen LogP) is 4.11. The van der Waals surface area contributed by atoms with Gasteiger partial charge in [-0.05, 0) is 57.4 Å². The van der Waals surface area contributed by atoms with Crippen molar-refractivity contribution < 1.29 is 18.3 Å². The molecule has 162 valence electrons. The standard InChI is InChI=1S/C22H23F2N5O2/c1-22(8-2-9-22)31-16-5-3-14(18(23)19(16)24)28-21-20-15(26-12-27-21)4-6-17(29-20)30-13-7-10-25-11-13/h3-6,12-13,25H,2,7-11H2,1H3,(H,26,27,28)/t13-/m0/s1. The molecule has 0 unspecified atom stereocenters. The summed E-state index contributed by atoms with van der Waals surface area (Å²) < 4.78 is 41.0. The van der Waals surface area contributed by atoms with Crippen LogP contribution in [0.15, 0.2) is 30.6 Å². The third-order valence-electron chi connectivity index (χ3n) is 5.83. The molecule has 3 aromatic rings. The summed E-state index contributed by atoms with van der Waals surface area (Å²) >= 11 is 0. The number of hydrogen-bond donors (Lipinski definition) is 2. The van der Waals surface area contributed by atoms with Crippen LogP contribution >= 0.6 is 0 Å². The summed E-state index contributed by atoms with van der Waals surface area (Å²) in [6.07, 6.45) is 4.96. The van der Waals surface area contributed by atoms with E-state index >= 15 is 0 Å². The van der Waals surface area contributed by atoms with E-state index < -0.39 is 17.2 Å². The Balaban J connectivity index is 1.42. The van der Waals surface area contributed by atoms with Crippen molar-refractivity contribution in [2.24, 2.45) is 0 Å². The average Bonchev–Trinajstić information content (AvgIpc) is 3.25. The molecule has 7 nitrogen and oxygen atoms in total. The molecule has 0 bridgehead atoms. The summed E-state index contributed by atoms with van der Waals surface area (Å²) in [5, 5.41) is 6.08. The van der Waals surface area contributed by atoms with Crippen LogP contribution in [-0.4, -0.2) is 39.7 Å². The zero-order valence-corrected chi connectivity index (χ0v) is 17.1. The van der Waals surface area contributed by atoms with Gasteiger partial charge in [-0.15, -0.1) is 0 Å². The van der Waals surface area contributed by atoms with Crippen molar-refractivity contribution >= 4 is 22.5 Å². The van der Waals surface area contributed by atoms with Gasteiger partial charge in [0.05, 0.1) is 11.2 Å². The van der Waals surface area contributed by atoms with Crippen LogP contribution in [0.4, 0.5) is 20.3 Å². The number of nitrogens with zero attached hydrogens (tertiary/aromatic N) is 3. The molecule has 2 aliphatic rings. The SMILES string of the molecule is CC1(Oc2ccc(Nc3ncnc4ccc(O[C@H]5CCNC5)nc34)c(F)c2F)CCC1. The van der Waals surface area contributed by atoms with Gasteiger partial charge in [-0.1, -0.05) is 0 Å². The van der Waals surface area contributed by atoms with Crippen LogP contribution in [0.1, 0.15) is 32.6 Å². The van der Waals surface area contributed by atoms with Crippen LogP contribution in [-0.2, 0) is 0 Å². The Bertz CT molecular complexity index is 1120. The highest BCUT2D eigenvalue weighted by atomic mass is 19.2. The van der Waals surface area contributed by atoms with E-state index in [9.17, 15) is 8.78 Å². The molecule has 1 saturated heterocycles. The lowest BCUT2D eigenvalue weighted by Crippen LogP contribution is -2.39. The number of halogens is 2. The third kappa shape index (κ3) is 3.97. The van der Waals surface area contributed by atoms with Crippen molar-refractivity contribution in [3.8, 4) is 11.6 Å². The number of pyridine rings is 1. The summed E-state index contributed by atoms with van der Waals surface area (Å²) in [6, 6.07) is 6.38. The lowest BCUT2D eigenvalue weighted by atomic mass is 9.82. The van der Waals surface area contributed by atoms with Gasteiger partial charge in [-0.3, -0.25) is 0 Å². The maximum atomic E-state index is 14.8. The fraction of sp³-hybridized carbons (Fsp3) is 0.409. The minimum atomic E-state index is -1.03. The van der Waals surface area contributed by atoms with E-state index in [1.807, 2.05) is 6.92 Å². The molecule has 0 amide bonds. The lowest BCUT2D eigenvalue weighted by Gasteiger charge is -2.38. The van der Waals surface area contributed by atoms with Gasteiger partial charge in [0.15, 0.2) is 17.4 Å². The first-order valence-electron chi connectivity index (χ1n) is 10.4. The highest BCUT2D eigenvalue weighted by molar-refractivity contribution is 5.87. The molecule has 3 heterocycles. The van der Waals surface area contributed by atoms with Crippen molar-refractivity contribution in [2.75, 3.05) is 18.4 Å². The second-order valence-electron chi connectivity index (χ2n) is 8.24. The lowest BCUT2D eigenvalue weighted by molar-refractivity contribution is 0.00743. The van der Waals surface area contributed by atoms with Gasteiger partial charge in [0, 0.05) is 12.6 Å². The van der Waals surface area contributed by atoms with Gasteiger partial charge in [0.1, 0.15) is 23.5 Å². The number of aromatic nitrogens is 3. The Kier molecular flexibility index (Phi) is 5.05. The van der Waals surface area contributed by atoms with E-state index in [1.165, 1.54) is 18.5 Å². The summed E-state index contributed by atoms with van der Waals surface area (Å²) in [5.41, 5.74) is 0.484. The van der Waals surface area contributed by atoms with E-state index in [4.69, 9.17) is 9.47 Å². The molecule has 1 aliphatic heterocycles. The van der Waals surface area contributed by atoms with Crippen molar-refractivity contribution in [3.05, 3.63) is 42.2 Å². The highest BCUT2D eigenvalue weighted by Crippen LogP contribution is 2.38. The molecule has 1 aromatic carbocycles. The highest BCUT2D eigenvalue weighted by Gasteiger charge is 2.35. The second kappa shape index (κ2) is 7.88. The van der Waals surface area contributed by atoms with E-state index in [-0.39, 0.29) is 23.4 Å². The van der Waals surface area contributed by atoms with Crippen molar-refractivity contribution in [1.29, 1.82) is 0 Å². The molecular weight excluding hydrogens is 404 g/mol. The normalized spacial score (nSPS) is 19.8. The van der Waals surface area contributed by atoms with Crippen molar-refractivity contribution in [2.45, 2.75) is 44.3 Å². The van der Waals surface area contributed by atoms with Gasteiger partial charge in [-0.25, -0.2) is 19.3 Å². The number of anilines is 2. The molecule has 0 radical (unpaired) electrons. The summed E-state index contributed by atoms with van der Waals surface area (Å²) in [4.78, 5) is 12.9. The van der Waals surface area contributed by atoms with Gasteiger partial charge in [-0.2, -0.15) is 4.39 Å². The second-order valence-corrected chi connectivity index (χ2v) is 8.24. The van der Waals surface area contributed by atoms with Crippen LogP contribution in [0.25, 0.3) is 11.0 Å². The molecule has 31 heavy (non-hydrogen) atoms. The maximum Gasteiger partial charge on any atom is 0.214 e. The quantitative estimate of drug-likeness (QED) is 0.613. The van der Waals surface area contributed by atoms with Gasteiger partial charge in [0.25, 0.3) is 0 Å². The average molecular weight is 427 g/mol. The first kappa shape index (κ1) is 19.9.